The molecule has 0 saturated heterocycles. The number of hydrogen-bond acceptors (Lipinski definition) is 2. The Balaban J connectivity index is 2.57. The van der Waals surface area contributed by atoms with E-state index in [4.69, 9.17) is 0 Å². The fourth-order valence-corrected chi connectivity index (χ4v) is 7.07. The molecule has 1 unspecified atom stereocenters. The third-order valence-electron chi connectivity index (χ3n) is 4.66. The summed E-state index contributed by atoms with van der Waals surface area (Å²) < 4.78 is 0.108. The summed E-state index contributed by atoms with van der Waals surface area (Å²) in [6.07, 6.45) is 2.49. The van der Waals surface area contributed by atoms with Crippen LogP contribution in [0.1, 0.15) is 31.9 Å². The molecule has 1 aromatic carbocycles. The van der Waals surface area contributed by atoms with Crippen molar-refractivity contribution in [3.63, 3.8) is 0 Å². The van der Waals surface area contributed by atoms with E-state index in [0.29, 0.717) is 0 Å². The summed E-state index contributed by atoms with van der Waals surface area (Å²) in [5.41, 5.74) is 4.36. The second-order valence-corrected chi connectivity index (χ2v) is 12.7. The van der Waals surface area contributed by atoms with Gasteiger partial charge < -0.3 is 0 Å². The normalized spacial score (nSPS) is 22.0. The van der Waals surface area contributed by atoms with E-state index in [1.807, 2.05) is 0 Å². The predicted molar refractivity (Wildman–Crippen MR) is 95.9 cm³/mol. The Morgan fingerprint density at radius 3 is 2.24 bits per heavy atom. The Morgan fingerprint density at radius 1 is 1.14 bits per heavy atom. The summed E-state index contributed by atoms with van der Waals surface area (Å²) in [5, 5.41) is 0. The number of rotatable bonds is 3. The quantitative estimate of drug-likeness (QED) is 0.862. The molecular formula is C17H27LiN2Si. The van der Waals surface area contributed by atoms with Gasteiger partial charge in [0.2, 0.25) is 0 Å². The van der Waals surface area contributed by atoms with E-state index in [9.17, 15) is 0 Å². The molecule has 0 aromatic heterocycles. The van der Waals surface area contributed by atoms with Gasteiger partial charge in [0.15, 0.2) is 0 Å². The number of benzene rings is 1. The maximum absolute atomic E-state index is 3.95. The van der Waals surface area contributed by atoms with Crippen molar-refractivity contribution in [2.45, 2.75) is 43.1 Å². The fraction of sp³-hybridized carbons (Fsp3) is 0.529. The van der Waals surface area contributed by atoms with E-state index in [1.54, 1.807) is 0 Å². The van der Waals surface area contributed by atoms with Crippen molar-refractivity contribution in [3.05, 3.63) is 41.5 Å². The van der Waals surface area contributed by atoms with Gasteiger partial charge in [-0.2, -0.15) is 0 Å². The van der Waals surface area contributed by atoms with Gasteiger partial charge in [-0.1, -0.05) is 0 Å². The molecule has 0 spiro atoms. The van der Waals surface area contributed by atoms with Crippen molar-refractivity contribution in [1.82, 2.24) is 9.88 Å². The molecule has 1 aliphatic rings. The van der Waals surface area contributed by atoms with Crippen molar-refractivity contribution in [2.75, 3.05) is 14.1 Å². The van der Waals surface area contributed by atoms with E-state index < -0.39 is 8.24 Å². The molecule has 0 radical (unpaired) electrons. The zero-order valence-electron chi connectivity index (χ0n) is 14.8. The monoisotopic (exact) mass is 294 g/mol. The maximum atomic E-state index is 3.95. The van der Waals surface area contributed by atoms with Gasteiger partial charge in [0.25, 0.3) is 0 Å². The van der Waals surface area contributed by atoms with Crippen molar-refractivity contribution in [3.8, 4) is 0 Å². The molecule has 1 aromatic rings. The number of fused-ring (bicyclic) bond motifs is 1. The van der Waals surface area contributed by atoms with Gasteiger partial charge in [-0.25, -0.2) is 0 Å². The molecule has 1 aliphatic carbocycles. The summed E-state index contributed by atoms with van der Waals surface area (Å²) in [6, 6.07) is 8.88. The topological polar surface area (TPSA) is 15.3 Å². The molecule has 0 saturated carbocycles. The van der Waals surface area contributed by atoms with E-state index in [0.717, 1.165) is 0 Å². The predicted octanol–water partition coefficient (Wildman–Crippen LogP) is 3.10. The van der Waals surface area contributed by atoms with Crippen molar-refractivity contribution >= 4 is 31.6 Å². The minimum absolute atomic E-state index is 0.108. The van der Waals surface area contributed by atoms with E-state index in [1.165, 1.54) is 16.8 Å². The van der Waals surface area contributed by atoms with Crippen LogP contribution < -0.4 is 4.98 Å². The zero-order valence-corrected chi connectivity index (χ0v) is 15.8. The van der Waals surface area contributed by atoms with Gasteiger partial charge in [0.05, 0.1) is 0 Å². The molecular weight excluding hydrogens is 267 g/mol. The van der Waals surface area contributed by atoms with Gasteiger partial charge in [0, 0.05) is 0 Å². The van der Waals surface area contributed by atoms with Crippen LogP contribution >= 0.6 is 0 Å². The van der Waals surface area contributed by atoms with E-state index in [-0.39, 0.29) is 9.25 Å². The summed E-state index contributed by atoms with van der Waals surface area (Å²) in [4.78, 5) is 6.20. The third-order valence-corrected chi connectivity index (χ3v) is 9.04. The molecule has 1 N–H and O–H groups in total. The number of nitrogens with one attached hydrogen (secondary N) is 1. The molecule has 0 heterocycles. The number of nitrogens with zero attached hydrogens (tertiary/aromatic N) is 1. The second kappa shape index (κ2) is 5.31. The average molecular weight is 294 g/mol. The molecule has 0 bridgehead atoms. The van der Waals surface area contributed by atoms with E-state index >= 15 is 0 Å². The first-order chi connectivity index (χ1) is 9.48. The Hall–Kier alpha value is -0.466. The minimum atomic E-state index is -1.72. The van der Waals surface area contributed by atoms with Crippen LogP contribution in [0.4, 0.5) is 0 Å². The molecule has 2 nitrogen and oxygen atoms in total. The van der Waals surface area contributed by atoms with Gasteiger partial charge in [-0.05, 0) is 0 Å². The summed E-state index contributed by atoms with van der Waals surface area (Å²) >= 11 is 2.41. The summed E-state index contributed by atoms with van der Waals surface area (Å²) in [6.45, 7) is 11.7. The van der Waals surface area contributed by atoms with Crippen LogP contribution in [0.2, 0.25) is 13.1 Å². The Kier molecular flexibility index (Phi) is 4.28. The number of hydrogen-bond donors (Lipinski definition) is 1. The Labute approximate surface area is 140 Å². The SMILES string of the molecule is [Li][C]1([Si](C)(C)NC(C)(C)C)C=C(N(C)C)c2ccccc21. The van der Waals surface area contributed by atoms with Crippen LogP contribution in [0.15, 0.2) is 30.3 Å². The van der Waals surface area contributed by atoms with Gasteiger partial charge in [0.1, 0.15) is 0 Å². The standard InChI is InChI=1S/C17H27N2Si.Li/c1-17(2,3)18-20(6,7)16-12-15(19(4)5)13-10-8-9-11-14(13)16;/h8-12,18H,1-7H3;. The molecule has 0 amide bonds. The molecule has 1 atom stereocenters. The second-order valence-electron chi connectivity index (χ2n) is 8.17. The van der Waals surface area contributed by atoms with Crippen LogP contribution in [0, 0.1) is 0 Å². The molecule has 21 heavy (non-hydrogen) atoms. The summed E-state index contributed by atoms with van der Waals surface area (Å²) in [5.74, 6) is 0. The van der Waals surface area contributed by atoms with Crippen LogP contribution in [0.5, 0.6) is 0 Å². The summed E-state index contributed by atoms with van der Waals surface area (Å²) in [7, 11) is 2.56. The first kappa shape index (κ1) is 16.9. The van der Waals surface area contributed by atoms with Crippen LogP contribution in [-0.2, 0) is 3.71 Å². The molecule has 2 rings (SSSR count). The number of allylic oxidation sites excluding steroid dienone is 1. The van der Waals surface area contributed by atoms with Gasteiger partial charge in [-0.3, -0.25) is 0 Å². The van der Waals surface area contributed by atoms with Gasteiger partial charge >= 0.3 is 140 Å². The van der Waals surface area contributed by atoms with Crippen molar-refractivity contribution in [2.24, 2.45) is 0 Å². The molecule has 110 valence electrons. The van der Waals surface area contributed by atoms with E-state index in [2.05, 4.69) is 106 Å². The first-order valence-corrected chi connectivity index (χ1v) is 10.8. The molecule has 4 heteroatoms. The molecule has 0 aliphatic heterocycles. The fourth-order valence-electron chi connectivity index (χ4n) is 3.54. The third kappa shape index (κ3) is 3.03. The van der Waals surface area contributed by atoms with Crippen LogP contribution in [0.25, 0.3) is 5.70 Å². The van der Waals surface area contributed by atoms with Gasteiger partial charge in [-0.15, -0.1) is 0 Å². The van der Waals surface area contributed by atoms with Crippen molar-refractivity contribution in [1.29, 1.82) is 0 Å². The Morgan fingerprint density at radius 2 is 1.71 bits per heavy atom. The zero-order chi connectivity index (χ0) is 16.1. The van der Waals surface area contributed by atoms with Crippen molar-refractivity contribution < 1.29 is 0 Å². The first-order valence-electron chi connectivity index (χ1n) is 7.77. The van der Waals surface area contributed by atoms with Crippen LogP contribution in [0.3, 0.4) is 0 Å². The Bertz CT molecular complexity index is 572. The van der Waals surface area contributed by atoms with Crippen LogP contribution in [-0.4, -0.2) is 50.5 Å². The average Bonchev–Trinajstić information content (AvgIpc) is 2.63. The molecule has 0 fully saturated rings.